The molecule has 1 aliphatic heterocycles. The van der Waals surface area contributed by atoms with Crippen molar-refractivity contribution < 1.29 is 9.84 Å². The lowest BCUT2D eigenvalue weighted by Crippen LogP contribution is -2.12. The Bertz CT molecular complexity index is 463. The van der Waals surface area contributed by atoms with Crippen molar-refractivity contribution >= 4 is 35.0 Å². The Morgan fingerprint density at radius 1 is 1.39 bits per heavy atom. The Morgan fingerprint density at radius 2 is 2.06 bits per heavy atom. The summed E-state index contributed by atoms with van der Waals surface area (Å²) in [6, 6.07) is 1.79. The van der Waals surface area contributed by atoms with E-state index < -0.39 is 6.10 Å². The number of hydrogen-bond donors (Lipinski definition) is 1. The highest BCUT2D eigenvalue weighted by atomic mass is 35.5. The van der Waals surface area contributed by atoms with Crippen LogP contribution in [0, 0.1) is 5.92 Å². The zero-order chi connectivity index (χ0) is 13.4. The molecule has 1 aromatic carbocycles. The van der Waals surface area contributed by atoms with Gasteiger partial charge in [0.25, 0.3) is 0 Å². The molecule has 0 aromatic heterocycles. The fraction of sp³-hybridized carbons (Fsp3) is 0.538. The lowest BCUT2D eigenvalue weighted by molar-refractivity contribution is 0.168. The summed E-state index contributed by atoms with van der Waals surface area (Å²) in [4.78, 5) is 0.889. The second-order valence-corrected chi connectivity index (χ2v) is 6.86. The number of thioether (sulfide) groups is 1. The quantitative estimate of drug-likeness (QED) is 0.888. The van der Waals surface area contributed by atoms with E-state index in [2.05, 4.69) is 13.8 Å². The van der Waals surface area contributed by atoms with Gasteiger partial charge in [-0.2, -0.15) is 0 Å². The van der Waals surface area contributed by atoms with E-state index in [-0.39, 0.29) is 5.25 Å². The smallest absolute Gasteiger partial charge is 0.139 e. The molecule has 0 amide bonds. The van der Waals surface area contributed by atoms with Gasteiger partial charge in [0, 0.05) is 15.7 Å². The van der Waals surface area contributed by atoms with Gasteiger partial charge in [0.15, 0.2) is 0 Å². The van der Waals surface area contributed by atoms with E-state index in [4.69, 9.17) is 27.9 Å². The third-order valence-electron chi connectivity index (χ3n) is 3.02. The molecule has 0 bridgehead atoms. The van der Waals surface area contributed by atoms with Gasteiger partial charge in [-0.25, -0.2) is 0 Å². The van der Waals surface area contributed by atoms with E-state index in [1.54, 1.807) is 24.9 Å². The second kappa shape index (κ2) is 5.49. The van der Waals surface area contributed by atoms with E-state index in [0.717, 1.165) is 16.9 Å². The minimum Gasteiger partial charge on any atom is -0.495 e. The van der Waals surface area contributed by atoms with Gasteiger partial charge in [-0.15, -0.1) is 11.8 Å². The minimum absolute atomic E-state index is 0.140. The average Bonchev–Trinajstić information content (AvgIpc) is 2.61. The molecule has 5 heteroatoms. The van der Waals surface area contributed by atoms with Crippen molar-refractivity contribution in [1.82, 2.24) is 0 Å². The summed E-state index contributed by atoms with van der Waals surface area (Å²) in [5, 5.41) is 11.4. The van der Waals surface area contributed by atoms with Gasteiger partial charge in [-0.05, 0) is 18.4 Å². The number of aliphatic hydroxyl groups is 1. The molecule has 2 rings (SSSR count). The van der Waals surface area contributed by atoms with E-state index >= 15 is 0 Å². The number of hydrogen-bond acceptors (Lipinski definition) is 3. The number of rotatable bonds is 3. The summed E-state index contributed by atoms with van der Waals surface area (Å²) < 4.78 is 5.18. The first-order valence-electron chi connectivity index (χ1n) is 5.86. The van der Waals surface area contributed by atoms with Crippen molar-refractivity contribution in [1.29, 1.82) is 0 Å². The molecule has 0 fully saturated rings. The van der Waals surface area contributed by atoms with E-state index in [1.807, 2.05) is 0 Å². The Hall–Kier alpha value is -0.0900. The van der Waals surface area contributed by atoms with Gasteiger partial charge < -0.3 is 9.84 Å². The maximum absolute atomic E-state index is 10.3. The molecule has 2 unspecified atom stereocenters. The average molecular weight is 307 g/mol. The second-order valence-electron chi connectivity index (χ2n) is 4.86. The Balaban J connectivity index is 2.39. The number of ether oxygens (including phenoxy) is 1. The molecular weight excluding hydrogens is 291 g/mol. The van der Waals surface area contributed by atoms with Gasteiger partial charge in [-0.1, -0.05) is 37.0 Å². The summed E-state index contributed by atoms with van der Waals surface area (Å²) in [5.41, 5.74) is 0.830. The molecule has 1 aliphatic rings. The van der Waals surface area contributed by atoms with Crippen LogP contribution in [0.1, 0.15) is 31.9 Å². The van der Waals surface area contributed by atoms with Crippen LogP contribution in [-0.2, 0) is 0 Å². The van der Waals surface area contributed by atoms with Crippen LogP contribution in [0.15, 0.2) is 11.0 Å². The topological polar surface area (TPSA) is 29.5 Å². The predicted molar refractivity (Wildman–Crippen MR) is 77.1 cm³/mol. The summed E-state index contributed by atoms with van der Waals surface area (Å²) in [7, 11) is 1.55. The van der Waals surface area contributed by atoms with Crippen LogP contribution in [0.5, 0.6) is 5.75 Å². The van der Waals surface area contributed by atoms with Crippen LogP contribution >= 0.6 is 35.0 Å². The molecule has 18 heavy (non-hydrogen) atoms. The first kappa shape index (κ1) is 14.3. The van der Waals surface area contributed by atoms with Crippen molar-refractivity contribution in [2.24, 2.45) is 5.92 Å². The van der Waals surface area contributed by atoms with Crippen molar-refractivity contribution in [3.8, 4) is 5.75 Å². The number of methoxy groups -OCH3 is 1. The van der Waals surface area contributed by atoms with Gasteiger partial charge >= 0.3 is 0 Å². The van der Waals surface area contributed by atoms with Crippen molar-refractivity contribution in [3.63, 3.8) is 0 Å². The van der Waals surface area contributed by atoms with E-state index in [1.165, 1.54) is 0 Å². The number of halogens is 2. The molecule has 0 spiro atoms. The molecule has 1 aromatic rings. The molecule has 0 saturated carbocycles. The van der Waals surface area contributed by atoms with Gasteiger partial charge in [0.2, 0.25) is 0 Å². The standard InChI is InChI=1S/C13H16Cl2O2S/c1-6(2)4-9-12(16)7-5-8(17-3)10(14)11(15)13(7)18-9/h5-6,9,12,16H,4H2,1-3H3. The van der Waals surface area contributed by atoms with Crippen LogP contribution in [-0.4, -0.2) is 17.5 Å². The van der Waals surface area contributed by atoms with Gasteiger partial charge in [-0.3, -0.25) is 0 Å². The number of aliphatic hydroxyl groups excluding tert-OH is 1. The first-order chi connectivity index (χ1) is 8.45. The lowest BCUT2D eigenvalue weighted by atomic mass is 9.99. The lowest BCUT2D eigenvalue weighted by Gasteiger charge is -2.16. The molecule has 100 valence electrons. The van der Waals surface area contributed by atoms with Crippen LogP contribution in [0.2, 0.25) is 10.0 Å². The van der Waals surface area contributed by atoms with Crippen molar-refractivity contribution in [3.05, 3.63) is 21.7 Å². The van der Waals surface area contributed by atoms with E-state index in [0.29, 0.717) is 21.7 Å². The summed E-state index contributed by atoms with van der Waals surface area (Å²) in [6.07, 6.45) is 0.438. The monoisotopic (exact) mass is 306 g/mol. The highest BCUT2D eigenvalue weighted by Crippen LogP contribution is 2.53. The predicted octanol–water partition coefficient (Wildman–Crippen LogP) is 4.56. The Kier molecular flexibility index (Phi) is 4.37. The Labute approximate surface area is 122 Å². The Morgan fingerprint density at radius 3 is 2.61 bits per heavy atom. The van der Waals surface area contributed by atoms with Crippen LogP contribution < -0.4 is 4.74 Å². The normalized spacial score (nSPS) is 22.4. The molecule has 0 aliphatic carbocycles. The maximum atomic E-state index is 10.3. The summed E-state index contributed by atoms with van der Waals surface area (Å²) >= 11 is 14.0. The van der Waals surface area contributed by atoms with Crippen LogP contribution in [0.25, 0.3) is 0 Å². The molecule has 1 heterocycles. The zero-order valence-corrected chi connectivity index (χ0v) is 12.9. The molecule has 2 nitrogen and oxygen atoms in total. The largest absolute Gasteiger partial charge is 0.495 e. The fourth-order valence-electron chi connectivity index (χ4n) is 2.15. The number of fused-ring (bicyclic) bond motifs is 1. The van der Waals surface area contributed by atoms with Crippen LogP contribution in [0.4, 0.5) is 0 Å². The highest BCUT2D eigenvalue weighted by Gasteiger charge is 2.35. The molecule has 0 radical (unpaired) electrons. The van der Waals surface area contributed by atoms with Crippen molar-refractivity contribution in [2.45, 2.75) is 36.5 Å². The molecule has 2 atom stereocenters. The minimum atomic E-state index is -0.504. The van der Waals surface area contributed by atoms with Gasteiger partial charge in [0.05, 0.1) is 18.2 Å². The van der Waals surface area contributed by atoms with Gasteiger partial charge in [0.1, 0.15) is 10.8 Å². The van der Waals surface area contributed by atoms with Crippen LogP contribution in [0.3, 0.4) is 0 Å². The summed E-state index contributed by atoms with van der Waals surface area (Å²) in [6.45, 7) is 4.29. The first-order valence-corrected chi connectivity index (χ1v) is 7.49. The van der Waals surface area contributed by atoms with Crippen molar-refractivity contribution in [2.75, 3.05) is 7.11 Å². The SMILES string of the molecule is COc1cc2c(c(Cl)c1Cl)SC(CC(C)C)C2O. The highest BCUT2D eigenvalue weighted by molar-refractivity contribution is 8.00. The van der Waals surface area contributed by atoms with E-state index in [9.17, 15) is 5.11 Å². The third-order valence-corrected chi connectivity index (χ3v) is 5.41. The molecular formula is C13H16Cl2O2S. The molecule has 1 N–H and O–H groups in total. The molecule has 0 saturated heterocycles. The zero-order valence-electron chi connectivity index (χ0n) is 10.5. The third kappa shape index (κ3) is 2.46. The number of benzene rings is 1. The maximum Gasteiger partial charge on any atom is 0.139 e. The fourth-order valence-corrected chi connectivity index (χ4v) is 4.35. The summed E-state index contributed by atoms with van der Waals surface area (Å²) in [5.74, 6) is 1.05.